The smallest absolute Gasteiger partial charge is 0.422 e. The lowest BCUT2D eigenvalue weighted by Crippen LogP contribution is -2.22. The largest absolute Gasteiger partial charge is 0.483 e. The number of carbonyl (C=O) groups excluding carboxylic acids is 1. The fourth-order valence-electron chi connectivity index (χ4n) is 1.55. The summed E-state index contributed by atoms with van der Waals surface area (Å²) in [5, 5.41) is 0. The molecule has 5 heteroatoms. The molecule has 100 valence electrons. The van der Waals surface area contributed by atoms with Crippen LogP contribution in [-0.4, -0.2) is 19.1 Å². The normalized spacial score (nSPS) is 12.3. The van der Waals surface area contributed by atoms with Crippen molar-refractivity contribution in [1.29, 1.82) is 0 Å². The predicted molar refractivity (Wildman–Crippen MR) is 62.1 cm³/mol. The van der Waals surface area contributed by atoms with Gasteiger partial charge in [-0.1, -0.05) is 32.9 Å². The Kier molecular flexibility index (Phi) is 4.04. The molecule has 0 saturated carbocycles. The standard InChI is InChI=1S/C13H15F3O2/c1-12(2,3)10-6-4-5-9(7-17)11(10)18-8-13(14,15)16/h4-7H,8H2,1-3H3. The minimum atomic E-state index is -4.43. The van der Waals surface area contributed by atoms with Gasteiger partial charge >= 0.3 is 6.18 Å². The van der Waals surface area contributed by atoms with Crippen LogP contribution in [0.3, 0.4) is 0 Å². The zero-order valence-electron chi connectivity index (χ0n) is 10.5. The Balaban J connectivity index is 3.17. The van der Waals surface area contributed by atoms with Crippen molar-refractivity contribution in [2.75, 3.05) is 6.61 Å². The van der Waals surface area contributed by atoms with Gasteiger partial charge in [0.25, 0.3) is 0 Å². The van der Waals surface area contributed by atoms with Gasteiger partial charge in [0.05, 0.1) is 5.56 Å². The number of rotatable bonds is 3. The number of benzene rings is 1. The van der Waals surface area contributed by atoms with E-state index < -0.39 is 18.2 Å². The van der Waals surface area contributed by atoms with E-state index in [1.54, 1.807) is 12.1 Å². The topological polar surface area (TPSA) is 26.3 Å². The van der Waals surface area contributed by atoms with Gasteiger partial charge in [-0.25, -0.2) is 0 Å². The van der Waals surface area contributed by atoms with E-state index in [0.717, 1.165) is 0 Å². The average molecular weight is 260 g/mol. The first kappa shape index (κ1) is 14.5. The molecule has 1 aromatic carbocycles. The van der Waals surface area contributed by atoms with E-state index in [4.69, 9.17) is 4.74 Å². The maximum atomic E-state index is 12.2. The fraction of sp³-hybridized carbons (Fsp3) is 0.462. The Bertz CT molecular complexity index is 431. The number of hydrogen-bond donors (Lipinski definition) is 0. The van der Waals surface area contributed by atoms with Crippen LogP contribution < -0.4 is 4.74 Å². The van der Waals surface area contributed by atoms with Crippen LogP contribution in [0.5, 0.6) is 5.75 Å². The molecule has 0 N–H and O–H groups in total. The van der Waals surface area contributed by atoms with Crippen molar-refractivity contribution < 1.29 is 22.7 Å². The third-order valence-electron chi connectivity index (χ3n) is 2.36. The molecule has 1 rings (SSSR count). The third-order valence-corrected chi connectivity index (χ3v) is 2.36. The second kappa shape index (κ2) is 5.00. The number of hydrogen-bond acceptors (Lipinski definition) is 2. The predicted octanol–water partition coefficient (Wildman–Crippen LogP) is 3.74. The highest BCUT2D eigenvalue weighted by molar-refractivity contribution is 5.80. The number of ether oxygens (including phenoxy) is 1. The Morgan fingerprint density at radius 2 is 1.83 bits per heavy atom. The van der Waals surface area contributed by atoms with Crippen molar-refractivity contribution >= 4 is 6.29 Å². The van der Waals surface area contributed by atoms with Crippen LogP contribution in [0.15, 0.2) is 18.2 Å². The van der Waals surface area contributed by atoms with Crippen molar-refractivity contribution in [3.05, 3.63) is 29.3 Å². The highest BCUT2D eigenvalue weighted by atomic mass is 19.4. The molecule has 0 aromatic heterocycles. The van der Waals surface area contributed by atoms with Crippen LogP contribution in [0.1, 0.15) is 36.7 Å². The molecule has 1 aromatic rings. The van der Waals surface area contributed by atoms with Gasteiger partial charge in [0.2, 0.25) is 0 Å². The summed E-state index contributed by atoms with van der Waals surface area (Å²) in [6, 6.07) is 4.73. The minimum absolute atomic E-state index is 0.0114. The monoisotopic (exact) mass is 260 g/mol. The molecule has 18 heavy (non-hydrogen) atoms. The molecule has 0 aliphatic carbocycles. The van der Waals surface area contributed by atoms with Crippen LogP contribution >= 0.6 is 0 Å². The van der Waals surface area contributed by atoms with Crippen LogP contribution in [-0.2, 0) is 5.41 Å². The van der Waals surface area contributed by atoms with Crippen molar-refractivity contribution in [3.8, 4) is 5.75 Å². The summed E-state index contributed by atoms with van der Waals surface area (Å²) in [5.74, 6) is 0.0114. The van der Waals surface area contributed by atoms with E-state index in [1.807, 2.05) is 20.8 Å². The quantitative estimate of drug-likeness (QED) is 0.774. The molecule has 0 saturated heterocycles. The van der Waals surface area contributed by atoms with E-state index in [1.165, 1.54) is 6.07 Å². The summed E-state index contributed by atoms with van der Waals surface area (Å²) >= 11 is 0. The second-order valence-corrected chi connectivity index (χ2v) is 5.00. The Hall–Kier alpha value is -1.52. The third kappa shape index (κ3) is 3.75. The lowest BCUT2D eigenvalue weighted by Gasteiger charge is -2.24. The first-order chi connectivity index (χ1) is 8.15. The van der Waals surface area contributed by atoms with Crippen molar-refractivity contribution in [1.82, 2.24) is 0 Å². The van der Waals surface area contributed by atoms with Crippen LogP contribution in [0, 0.1) is 0 Å². The van der Waals surface area contributed by atoms with Crippen LogP contribution in [0.25, 0.3) is 0 Å². The zero-order valence-corrected chi connectivity index (χ0v) is 10.5. The molecule has 0 spiro atoms. The molecule has 0 atom stereocenters. The zero-order chi connectivity index (χ0) is 14.0. The van der Waals surface area contributed by atoms with Crippen molar-refractivity contribution in [3.63, 3.8) is 0 Å². The van der Waals surface area contributed by atoms with Gasteiger partial charge in [-0.2, -0.15) is 13.2 Å². The summed E-state index contributed by atoms with van der Waals surface area (Å²) in [6.45, 7) is 4.13. The summed E-state index contributed by atoms with van der Waals surface area (Å²) < 4.78 is 41.4. The maximum absolute atomic E-state index is 12.2. The van der Waals surface area contributed by atoms with E-state index in [0.29, 0.717) is 11.8 Å². The molecule has 0 radical (unpaired) electrons. The number of aldehydes is 1. The first-order valence-corrected chi connectivity index (χ1v) is 5.43. The molecule has 0 aliphatic rings. The lowest BCUT2D eigenvalue weighted by atomic mass is 9.85. The van der Waals surface area contributed by atoms with E-state index in [-0.39, 0.29) is 11.3 Å². The maximum Gasteiger partial charge on any atom is 0.422 e. The van der Waals surface area contributed by atoms with Gasteiger partial charge in [-0.3, -0.25) is 4.79 Å². The molecule has 0 aliphatic heterocycles. The SMILES string of the molecule is CC(C)(C)c1cccc(C=O)c1OCC(F)(F)F. The molecule has 0 heterocycles. The second-order valence-electron chi connectivity index (χ2n) is 5.00. The Morgan fingerprint density at radius 3 is 2.28 bits per heavy atom. The highest BCUT2D eigenvalue weighted by Crippen LogP contribution is 2.34. The summed E-state index contributed by atoms with van der Waals surface area (Å²) in [5.41, 5.74) is 0.308. The molecule has 0 amide bonds. The molecule has 2 nitrogen and oxygen atoms in total. The molecule has 0 unspecified atom stereocenters. The van der Waals surface area contributed by atoms with E-state index >= 15 is 0 Å². The van der Waals surface area contributed by atoms with Gasteiger partial charge in [0, 0.05) is 5.56 Å². The summed E-state index contributed by atoms with van der Waals surface area (Å²) in [4.78, 5) is 10.9. The van der Waals surface area contributed by atoms with Crippen molar-refractivity contribution in [2.45, 2.75) is 32.4 Å². The van der Waals surface area contributed by atoms with E-state index in [2.05, 4.69) is 0 Å². The van der Waals surface area contributed by atoms with Crippen LogP contribution in [0.4, 0.5) is 13.2 Å². The molecular formula is C13H15F3O2. The van der Waals surface area contributed by atoms with Gasteiger partial charge in [0.1, 0.15) is 5.75 Å². The molecular weight excluding hydrogens is 245 g/mol. The van der Waals surface area contributed by atoms with Crippen molar-refractivity contribution in [2.24, 2.45) is 0 Å². The van der Waals surface area contributed by atoms with Crippen LogP contribution in [0.2, 0.25) is 0 Å². The average Bonchev–Trinajstić information content (AvgIpc) is 2.23. The van der Waals surface area contributed by atoms with E-state index in [9.17, 15) is 18.0 Å². The number of para-hydroxylation sites is 1. The molecule has 0 fully saturated rings. The fourth-order valence-corrected chi connectivity index (χ4v) is 1.55. The number of carbonyl (C=O) groups is 1. The summed E-state index contributed by atoms with van der Waals surface area (Å²) in [7, 11) is 0. The van der Waals surface area contributed by atoms with Gasteiger partial charge in [0.15, 0.2) is 12.9 Å². The van der Waals surface area contributed by atoms with Gasteiger partial charge in [-0.15, -0.1) is 0 Å². The Labute approximate surface area is 104 Å². The number of halogens is 3. The number of alkyl halides is 3. The lowest BCUT2D eigenvalue weighted by molar-refractivity contribution is -0.153. The first-order valence-electron chi connectivity index (χ1n) is 5.43. The van der Waals surface area contributed by atoms with Gasteiger partial charge < -0.3 is 4.74 Å². The van der Waals surface area contributed by atoms with Gasteiger partial charge in [-0.05, 0) is 11.5 Å². The summed E-state index contributed by atoms with van der Waals surface area (Å²) in [6.07, 6.45) is -3.92. The Morgan fingerprint density at radius 1 is 1.22 bits per heavy atom. The highest BCUT2D eigenvalue weighted by Gasteiger charge is 2.30. The molecule has 0 bridgehead atoms. The minimum Gasteiger partial charge on any atom is -0.483 e.